The Hall–Kier alpha value is -3.84. The summed E-state index contributed by atoms with van der Waals surface area (Å²) in [4.78, 5) is 42.1. The molecule has 1 aromatic carbocycles. The van der Waals surface area contributed by atoms with Crippen molar-refractivity contribution in [2.24, 2.45) is 0 Å². The van der Waals surface area contributed by atoms with E-state index in [1.165, 1.54) is 23.3 Å². The first-order valence-corrected chi connectivity index (χ1v) is 10.5. The van der Waals surface area contributed by atoms with Gasteiger partial charge in [-0.1, -0.05) is 17.9 Å². The fourth-order valence-corrected chi connectivity index (χ4v) is 4.42. The predicted molar refractivity (Wildman–Crippen MR) is 119 cm³/mol. The Balaban J connectivity index is 1.62. The normalized spacial score (nSPS) is 19.1. The summed E-state index contributed by atoms with van der Waals surface area (Å²) in [5.41, 5.74) is -0.256. The van der Waals surface area contributed by atoms with Crippen LogP contribution in [0.3, 0.4) is 0 Å². The van der Waals surface area contributed by atoms with E-state index in [1.807, 2.05) is 6.07 Å². The lowest BCUT2D eigenvalue weighted by Gasteiger charge is -2.26. The number of methoxy groups -OCH3 is 1. The summed E-state index contributed by atoms with van der Waals surface area (Å²) >= 11 is 1.31. The number of hydrogen-bond donors (Lipinski definition) is 3. The van der Waals surface area contributed by atoms with Gasteiger partial charge in [0.2, 0.25) is 5.54 Å². The molecule has 4 rings (SSSR count). The molecule has 1 aromatic heterocycles. The Morgan fingerprint density at radius 3 is 2.72 bits per heavy atom. The number of urea groups is 1. The van der Waals surface area contributed by atoms with Crippen LogP contribution in [0.2, 0.25) is 0 Å². The first-order valence-electron chi connectivity index (χ1n) is 9.71. The minimum atomic E-state index is -1.57. The second-order valence-corrected chi connectivity index (χ2v) is 8.74. The van der Waals surface area contributed by atoms with Gasteiger partial charge in [-0.2, -0.15) is 0 Å². The molecule has 0 bridgehead atoms. The predicted octanol–water partition coefficient (Wildman–Crippen LogP) is 1.23. The smallest absolute Gasteiger partial charge is 0.323 e. The van der Waals surface area contributed by atoms with Crippen molar-refractivity contribution in [1.82, 2.24) is 20.4 Å². The third kappa shape index (κ3) is 3.78. The number of rotatable bonds is 4. The number of nitrogens with zero attached hydrogens (tertiary/aromatic N) is 2. The second-order valence-electron chi connectivity index (χ2n) is 7.65. The summed E-state index contributed by atoms with van der Waals surface area (Å²) < 4.78 is 5.20. The minimum absolute atomic E-state index is 0.0981. The van der Waals surface area contributed by atoms with Gasteiger partial charge in [-0.25, -0.2) is 4.79 Å². The summed E-state index contributed by atoms with van der Waals surface area (Å²) in [6.45, 7) is 0.201. The van der Waals surface area contributed by atoms with Crippen LogP contribution in [-0.4, -0.2) is 66.8 Å². The molecular weight excluding hydrogens is 430 g/mol. The third-order valence-electron chi connectivity index (χ3n) is 5.25. The number of hydrogen-bond acceptors (Lipinski definition) is 6. The molecule has 3 N–H and O–H groups in total. The average Bonchev–Trinajstić information content (AvgIpc) is 3.43. The molecule has 2 aliphatic rings. The number of fused-ring (bicyclic) bond motifs is 1. The van der Waals surface area contributed by atoms with Crippen molar-refractivity contribution in [2.45, 2.75) is 12.1 Å². The molecule has 0 radical (unpaired) electrons. The van der Waals surface area contributed by atoms with Crippen LogP contribution >= 0.6 is 11.3 Å². The van der Waals surface area contributed by atoms with Crippen LogP contribution in [0.4, 0.5) is 4.79 Å². The van der Waals surface area contributed by atoms with Crippen LogP contribution in [0, 0.1) is 17.3 Å². The Bertz CT molecular complexity index is 1210. The Kier molecular flexibility index (Phi) is 5.36. The fraction of sp³-hybridized carbons (Fsp3) is 0.273. The maximum Gasteiger partial charge on any atom is 0.323 e. The van der Waals surface area contributed by atoms with Gasteiger partial charge >= 0.3 is 6.03 Å². The molecule has 164 valence electrons. The standard InChI is InChI=1S/C22H21N5O4S/c1-26(2)18(23)17-7-6-15(32-17)8-9-22(20(29)24-21(30)25-22)12-27-11-13-4-5-14(31-3)10-16(13)19(27)28/h4-7,10,23H,11-12H2,1-3H3,(H2,24,25,29,30)/t22-/m1/s1. The van der Waals surface area contributed by atoms with E-state index in [4.69, 9.17) is 10.1 Å². The second kappa shape index (κ2) is 8.01. The number of nitrogens with one attached hydrogen (secondary N) is 3. The monoisotopic (exact) mass is 451 g/mol. The van der Waals surface area contributed by atoms with Crippen molar-refractivity contribution in [3.63, 3.8) is 0 Å². The number of benzene rings is 1. The van der Waals surface area contributed by atoms with Crippen molar-refractivity contribution in [1.29, 1.82) is 5.41 Å². The number of amides is 4. The number of carbonyl (C=O) groups excluding carboxylic acids is 3. The molecule has 4 amide bonds. The zero-order valence-corrected chi connectivity index (χ0v) is 18.6. The summed E-state index contributed by atoms with van der Waals surface area (Å²) in [6, 6.07) is 8.13. The van der Waals surface area contributed by atoms with Crippen LogP contribution in [0.15, 0.2) is 30.3 Å². The maximum atomic E-state index is 13.0. The van der Waals surface area contributed by atoms with Gasteiger partial charge in [0.1, 0.15) is 11.6 Å². The van der Waals surface area contributed by atoms with Crippen LogP contribution in [0.25, 0.3) is 0 Å². The minimum Gasteiger partial charge on any atom is -0.497 e. The first kappa shape index (κ1) is 21.4. The summed E-state index contributed by atoms with van der Waals surface area (Å²) in [7, 11) is 5.08. The number of thiophene rings is 1. The summed E-state index contributed by atoms with van der Waals surface area (Å²) in [5.74, 6) is 5.88. The van der Waals surface area contributed by atoms with Crippen molar-refractivity contribution >= 4 is 35.0 Å². The first-order chi connectivity index (χ1) is 15.2. The van der Waals surface area contributed by atoms with Gasteiger partial charge in [0.05, 0.1) is 23.4 Å². The lowest BCUT2D eigenvalue weighted by atomic mass is 9.99. The molecule has 1 saturated heterocycles. The molecule has 0 spiro atoms. The molecule has 0 unspecified atom stereocenters. The van der Waals surface area contributed by atoms with E-state index in [-0.39, 0.29) is 12.5 Å². The van der Waals surface area contributed by atoms with E-state index < -0.39 is 17.5 Å². The molecule has 0 saturated carbocycles. The molecule has 32 heavy (non-hydrogen) atoms. The fourth-order valence-electron chi connectivity index (χ4n) is 3.53. The van der Waals surface area contributed by atoms with Gasteiger partial charge in [0, 0.05) is 26.2 Å². The molecule has 3 heterocycles. The largest absolute Gasteiger partial charge is 0.497 e. The maximum absolute atomic E-state index is 13.0. The number of ether oxygens (including phenoxy) is 1. The third-order valence-corrected chi connectivity index (χ3v) is 6.26. The molecule has 1 fully saturated rings. The van der Waals surface area contributed by atoms with E-state index in [9.17, 15) is 14.4 Å². The van der Waals surface area contributed by atoms with Crippen LogP contribution in [0.1, 0.15) is 25.7 Å². The highest BCUT2D eigenvalue weighted by molar-refractivity contribution is 7.14. The summed E-state index contributed by atoms with van der Waals surface area (Å²) in [5, 5.41) is 12.9. The highest BCUT2D eigenvalue weighted by Crippen LogP contribution is 2.28. The van der Waals surface area contributed by atoms with Gasteiger partial charge in [-0.05, 0) is 29.8 Å². The van der Waals surface area contributed by atoms with E-state index in [0.717, 1.165) is 10.4 Å². The van der Waals surface area contributed by atoms with Crippen LogP contribution < -0.4 is 15.4 Å². The van der Waals surface area contributed by atoms with Crippen LogP contribution in [-0.2, 0) is 11.3 Å². The van der Waals surface area contributed by atoms with Crippen molar-refractivity contribution < 1.29 is 19.1 Å². The molecule has 10 heteroatoms. The molecule has 0 aliphatic carbocycles. The summed E-state index contributed by atoms with van der Waals surface area (Å²) in [6.07, 6.45) is 0. The van der Waals surface area contributed by atoms with E-state index in [0.29, 0.717) is 28.6 Å². The molecular formula is C22H21N5O4S. The van der Waals surface area contributed by atoms with E-state index in [1.54, 1.807) is 43.3 Å². The van der Waals surface area contributed by atoms with Gasteiger partial charge in [0.25, 0.3) is 11.8 Å². The van der Waals surface area contributed by atoms with Crippen molar-refractivity contribution in [2.75, 3.05) is 27.7 Å². The molecule has 9 nitrogen and oxygen atoms in total. The van der Waals surface area contributed by atoms with E-state index >= 15 is 0 Å². The Morgan fingerprint density at radius 1 is 1.28 bits per heavy atom. The molecule has 2 aliphatic heterocycles. The number of amidine groups is 1. The lowest BCUT2D eigenvalue weighted by molar-refractivity contribution is -0.122. The zero-order valence-electron chi connectivity index (χ0n) is 17.7. The molecule has 1 atom stereocenters. The highest BCUT2D eigenvalue weighted by atomic mass is 32.1. The van der Waals surface area contributed by atoms with Crippen LogP contribution in [0.5, 0.6) is 5.75 Å². The van der Waals surface area contributed by atoms with Crippen molar-refractivity contribution in [3.8, 4) is 17.6 Å². The zero-order chi connectivity index (χ0) is 23.0. The molecule has 2 aromatic rings. The van der Waals surface area contributed by atoms with Gasteiger partial charge in [-0.15, -0.1) is 11.3 Å². The highest BCUT2D eigenvalue weighted by Gasteiger charge is 2.48. The SMILES string of the molecule is COc1ccc2c(c1)C(=O)N(C[C@@]1(C#Cc3ccc(C(=N)N(C)C)s3)NC(=O)NC1=O)C2. The topological polar surface area (TPSA) is 115 Å². The number of carbonyl (C=O) groups is 3. The van der Waals surface area contributed by atoms with Gasteiger partial charge in [-0.3, -0.25) is 20.3 Å². The van der Waals surface area contributed by atoms with Gasteiger partial charge < -0.3 is 19.9 Å². The Morgan fingerprint density at radius 2 is 2.06 bits per heavy atom. The Labute approximate surface area is 188 Å². The average molecular weight is 452 g/mol. The van der Waals surface area contributed by atoms with Crippen molar-refractivity contribution in [3.05, 3.63) is 51.2 Å². The quantitative estimate of drug-likeness (QED) is 0.280. The van der Waals surface area contributed by atoms with Gasteiger partial charge in [0.15, 0.2) is 0 Å². The number of imide groups is 1. The van der Waals surface area contributed by atoms with E-state index in [2.05, 4.69) is 22.5 Å². The lowest BCUT2D eigenvalue weighted by Crippen LogP contribution is -2.54.